The van der Waals surface area contributed by atoms with E-state index >= 15 is 0 Å². The molecule has 140 valence electrons. The van der Waals surface area contributed by atoms with Crippen molar-refractivity contribution in [3.63, 3.8) is 0 Å². The van der Waals surface area contributed by atoms with E-state index < -0.39 is 11.8 Å². The Morgan fingerprint density at radius 3 is 2.33 bits per heavy atom. The van der Waals surface area contributed by atoms with Crippen LogP contribution in [-0.4, -0.2) is 61.3 Å². The summed E-state index contributed by atoms with van der Waals surface area (Å²) in [7, 11) is 0. The molecule has 1 saturated heterocycles. The minimum absolute atomic E-state index is 0.260. The molecule has 8 heteroatoms. The molecular formula is C19H21N4O3S+. The first-order valence-electron chi connectivity index (χ1n) is 9.01. The number of morpholine rings is 1. The Morgan fingerprint density at radius 2 is 1.70 bits per heavy atom. The molecule has 0 spiro atoms. The lowest BCUT2D eigenvalue weighted by Crippen LogP contribution is -3.14. The maximum absolute atomic E-state index is 12.8. The number of benzene rings is 2. The van der Waals surface area contributed by atoms with Crippen molar-refractivity contribution in [3.05, 3.63) is 47.5 Å². The Hall–Kier alpha value is -2.55. The van der Waals surface area contributed by atoms with Gasteiger partial charge in [0.1, 0.15) is 13.1 Å². The number of nitrogens with zero attached hydrogens (tertiary/aromatic N) is 1. The Labute approximate surface area is 162 Å². The van der Waals surface area contributed by atoms with Crippen LogP contribution in [0.25, 0.3) is 10.8 Å². The summed E-state index contributed by atoms with van der Waals surface area (Å²) in [4.78, 5) is 27.1. The SMILES string of the molecule is O=C1c2cccc3cccc(c23)C(=O)N1NC(=S)NCC[NH+]1CCOCC1. The van der Waals surface area contributed by atoms with Crippen molar-refractivity contribution in [2.45, 2.75) is 0 Å². The lowest BCUT2D eigenvalue weighted by atomic mass is 9.95. The summed E-state index contributed by atoms with van der Waals surface area (Å²) in [6, 6.07) is 10.9. The molecule has 0 radical (unpaired) electrons. The molecule has 1 fully saturated rings. The lowest BCUT2D eigenvalue weighted by molar-refractivity contribution is -0.906. The number of hydrogen-bond acceptors (Lipinski definition) is 4. The maximum Gasteiger partial charge on any atom is 0.280 e. The largest absolute Gasteiger partial charge is 0.370 e. The number of carbonyl (C=O) groups is 2. The molecular weight excluding hydrogens is 364 g/mol. The number of imide groups is 1. The van der Waals surface area contributed by atoms with Gasteiger partial charge in [-0.2, -0.15) is 5.01 Å². The summed E-state index contributed by atoms with van der Waals surface area (Å²) >= 11 is 5.29. The highest BCUT2D eigenvalue weighted by molar-refractivity contribution is 7.80. The van der Waals surface area contributed by atoms with Crippen LogP contribution in [0.5, 0.6) is 0 Å². The molecule has 0 bridgehead atoms. The first-order valence-corrected chi connectivity index (χ1v) is 9.42. The molecule has 2 heterocycles. The highest BCUT2D eigenvalue weighted by Gasteiger charge is 2.33. The third-order valence-electron chi connectivity index (χ3n) is 4.95. The molecule has 2 amide bonds. The molecule has 4 rings (SSSR count). The molecule has 27 heavy (non-hydrogen) atoms. The fraction of sp³-hybridized carbons (Fsp3) is 0.316. The minimum atomic E-state index is -0.396. The number of ether oxygens (including phenoxy) is 1. The average Bonchev–Trinajstić information content (AvgIpc) is 2.70. The van der Waals surface area contributed by atoms with E-state index in [2.05, 4.69) is 10.7 Å². The number of rotatable bonds is 4. The summed E-state index contributed by atoms with van der Waals surface area (Å²) in [6.45, 7) is 5.07. The third kappa shape index (κ3) is 3.51. The summed E-state index contributed by atoms with van der Waals surface area (Å²) in [5.41, 5.74) is 3.75. The zero-order valence-corrected chi connectivity index (χ0v) is 15.6. The van der Waals surface area contributed by atoms with Crippen LogP contribution in [0, 0.1) is 0 Å². The Balaban J connectivity index is 1.43. The summed E-state index contributed by atoms with van der Waals surface area (Å²) < 4.78 is 5.34. The predicted molar refractivity (Wildman–Crippen MR) is 105 cm³/mol. The monoisotopic (exact) mass is 385 g/mol. The Kier molecular flexibility index (Phi) is 5.02. The van der Waals surface area contributed by atoms with E-state index in [9.17, 15) is 9.59 Å². The molecule has 0 aliphatic carbocycles. The van der Waals surface area contributed by atoms with Crippen LogP contribution in [-0.2, 0) is 4.74 Å². The fourth-order valence-corrected chi connectivity index (χ4v) is 3.73. The molecule has 0 saturated carbocycles. The summed E-state index contributed by atoms with van der Waals surface area (Å²) in [6.07, 6.45) is 0. The minimum Gasteiger partial charge on any atom is -0.370 e. The van der Waals surface area contributed by atoms with E-state index in [1.54, 1.807) is 12.1 Å². The highest BCUT2D eigenvalue weighted by atomic mass is 32.1. The van der Waals surface area contributed by atoms with Crippen LogP contribution >= 0.6 is 12.2 Å². The van der Waals surface area contributed by atoms with Crippen LogP contribution in [0.3, 0.4) is 0 Å². The summed E-state index contributed by atoms with van der Waals surface area (Å²) in [5, 5.41) is 5.91. The van der Waals surface area contributed by atoms with Gasteiger partial charge in [-0.25, -0.2) is 0 Å². The van der Waals surface area contributed by atoms with Crippen molar-refractivity contribution in [3.8, 4) is 0 Å². The van der Waals surface area contributed by atoms with Crippen LogP contribution in [0.15, 0.2) is 36.4 Å². The fourth-order valence-electron chi connectivity index (χ4n) is 3.54. The number of amides is 2. The third-order valence-corrected chi connectivity index (χ3v) is 5.18. The van der Waals surface area contributed by atoms with Crippen molar-refractivity contribution in [1.82, 2.24) is 15.8 Å². The van der Waals surface area contributed by atoms with Gasteiger partial charge in [-0.3, -0.25) is 15.0 Å². The molecule has 3 N–H and O–H groups in total. The molecule has 0 aromatic heterocycles. The lowest BCUT2D eigenvalue weighted by Gasteiger charge is -2.28. The van der Waals surface area contributed by atoms with Crippen LogP contribution in [0.4, 0.5) is 0 Å². The number of nitrogens with one attached hydrogen (secondary N) is 3. The molecule has 7 nitrogen and oxygen atoms in total. The van der Waals surface area contributed by atoms with Crippen molar-refractivity contribution in [2.24, 2.45) is 0 Å². The molecule has 2 aliphatic rings. The van der Waals surface area contributed by atoms with Gasteiger partial charge in [-0.05, 0) is 29.7 Å². The van der Waals surface area contributed by atoms with Crippen molar-refractivity contribution >= 4 is 39.9 Å². The van der Waals surface area contributed by atoms with Crippen molar-refractivity contribution in [2.75, 3.05) is 39.4 Å². The van der Waals surface area contributed by atoms with Gasteiger partial charge in [0.15, 0.2) is 5.11 Å². The van der Waals surface area contributed by atoms with Crippen LogP contribution in [0.2, 0.25) is 0 Å². The number of hydrazine groups is 1. The zero-order chi connectivity index (χ0) is 18.8. The number of hydrogen-bond donors (Lipinski definition) is 3. The standard InChI is InChI=1S/C19H20N4O3S/c24-17-14-5-1-3-13-4-2-6-15(16(13)14)18(25)23(17)21-19(27)20-7-8-22-9-11-26-12-10-22/h1-6H,7-12H2,(H2,20,21,27)/p+1. The normalized spacial score (nSPS) is 17.3. The molecule has 2 aromatic carbocycles. The molecule has 2 aromatic rings. The number of thiocarbonyl (C=S) groups is 1. The van der Waals surface area contributed by atoms with E-state index in [4.69, 9.17) is 17.0 Å². The smallest absolute Gasteiger partial charge is 0.280 e. The van der Waals surface area contributed by atoms with Gasteiger partial charge >= 0.3 is 0 Å². The molecule has 0 atom stereocenters. The van der Waals surface area contributed by atoms with Crippen LogP contribution < -0.4 is 15.6 Å². The van der Waals surface area contributed by atoms with E-state index in [1.807, 2.05) is 24.3 Å². The maximum atomic E-state index is 12.8. The summed E-state index contributed by atoms with van der Waals surface area (Å²) in [5.74, 6) is -0.792. The first-order chi connectivity index (χ1) is 13.1. The Bertz CT molecular complexity index is 860. The molecule has 0 unspecified atom stereocenters. The predicted octanol–water partition coefficient (Wildman–Crippen LogP) is -0.270. The van der Waals surface area contributed by atoms with Gasteiger partial charge in [0.05, 0.1) is 37.4 Å². The van der Waals surface area contributed by atoms with Crippen molar-refractivity contribution in [1.29, 1.82) is 0 Å². The topological polar surface area (TPSA) is 75.1 Å². The Morgan fingerprint density at radius 1 is 1.07 bits per heavy atom. The van der Waals surface area contributed by atoms with Crippen molar-refractivity contribution < 1.29 is 19.2 Å². The second-order valence-corrected chi connectivity index (χ2v) is 7.04. The molecule has 2 aliphatic heterocycles. The number of quaternary nitrogens is 1. The highest BCUT2D eigenvalue weighted by Crippen LogP contribution is 2.29. The van der Waals surface area contributed by atoms with Gasteiger partial charge in [-0.1, -0.05) is 24.3 Å². The second kappa shape index (κ2) is 7.59. The van der Waals surface area contributed by atoms with E-state index in [0.717, 1.165) is 43.2 Å². The van der Waals surface area contributed by atoms with Crippen LogP contribution in [0.1, 0.15) is 20.7 Å². The quantitative estimate of drug-likeness (QED) is 0.497. The van der Waals surface area contributed by atoms with E-state index in [0.29, 0.717) is 23.1 Å². The zero-order valence-electron chi connectivity index (χ0n) is 14.8. The van der Waals surface area contributed by atoms with E-state index in [-0.39, 0.29) is 5.11 Å². The first kappa shape index (κ1) is 17.8. The van der Waals surface area contributed by atoms with Gasteiger partial charge in [0.25, 0.3) is 11.8 Å². The average molecular weight is 385 g/mol. The van der Waals surface area contributed by atoms with Gasteiger partial charge in [0, 0.05) is 5.39 Å². The second-order valence-electron chi connectivity index (χ2n) is 6.64. The van der Waals surface area contributed by atoms with Gasteiger partial charge in [0.2, 0.25) is 0 Å². The van der Waals surface area contributed by atoms with E-state index in [1.165, 1.54) is 4.90 Å². The number of carbonyl (C=O) groups excluding carboxylic acids is 2. The van der Waals surface area contributed by atoms with Gasteiger partial charge in [-0.15, -0.1) is 0 Å². The van der Waals surface area contributed by atoms with Gasteiger partial charge < -0.3 is 15.0 Å².